The molecule has 188 valence electrons. The van der Waals surface area contributed by atoms with Crippen molar-refractivity contribution in [2.75, 3.05) is 39.5 Å². The van der Waals surface area contributed by atoms with Gasteiger partial charge in [0.15, 0.2) is 13.2 Å². The number of carbonyl (C=O) groups is 5. The zero-order valence-corrected chi connectivity index (χ0v) is 19.7. The van der Waals surface area contributed by atoms with E-state index in [9.17, 15) is 24.0 Å². The minimum atomic E-state index is -0.934. The van der Waals surface area contributed by atoms with Gasteiger partial charge >= 0.3 is 17.9 Å². The van der Waals surface area contributed by atoms with Crippen molar-refractivity contribution < 1.29 is 42.9 Å². The number of ether oxygens (including phenoxy) is 4. The topological polar surface area (TPSA) is 129 Å². The number of esters is 3. The lowest BCUT2D eigenvalue weighted by atomic mass is 10.2. The Morgan fingerprint density at radius 1 is 0.765 bits per heavy atom. The van der Waals surface area contributed by atoms with E-state index < -0.39 is 43.1 Å². The fraction of sp³-hybridized carbons (Fsp3) is 0.609. The summed E-state index contributed by atoms with van der Waals surface area (Å²) in [6.45, 7) is 7.82. The molecule has 11 nitrogen and oxygen atoms in total. The normalized spacial score (nSPS) is 19.7. The van der Waals surface area contributed by atoms with Crippen molar-refractivity contribution in [1.29, 1.82) is 0 Å². The van der Waals surface area contributed by atoms with Crippen LogP contribution in [0.1, 0.15) is 39.5 Å². The summed E-state index contributed by atoms with van der Waals surface area (Å²) in [6.07, 6.45) is 4.27. The minimum Gasteiger partial charge on any atom is -0.497 e. The van der Waals surface area contributed by atoms with Crippen LogP contribution in [-0.4, -0.2) is 91.1 Å². The van der Waals surface area contributed by atoms with Gasteiger partial charge in [-0.05, 0) is 39.5 Å². The van der Waals surface area contributed by atoms with Gasteiger partial charge < -0.3 is 28.7 Å². The Kier molecular flexibility index (Phi) is 10.6. The Labute approximate surface area is 198 Å². The third-order valence-electron chi connectivity index (χ3n) is 5.44. The predicted molar refractivity (Wildman–Crippen MR) is 118 cm³/mol. The Bertz CT molecular complexity index is 757. The van der Waals surface area contributed by atoms with E-state index in [1.54, 1.807) is 11.8 Å². The first kappa shape index (κ1) is 26.9. The number of likely N-dealkylation sites (tertiary alicyclic amines) is 2. The molecule has 0 bridgehead atoms. The molecule has 0 radical (unpaired) electrons. The number of rotatable bonds is 11. The molecule has 2 atom stereocenters. The molecule has 2 heterocycles. The summed E-state index contributed by atoms with van der Waals surface area (Å²) in [5.41, 5.74) is 0. The Morgan fingerprint density at radius 2 is 1.24 bits per heavy atom. The van der Waals surface area contributed by atoms with Crippen LogP contribution in [0.4, 0.5) is 0 Å². The average Bonchev–Trinajstić information content (AvgIpc) is 3.50. The maximum Gasteiger partial charge on any atom is 0.331 e. The first-order chi connectivity index (χ1) is 16.3. The molecule has 2 rings (SSSR count). The first-order valence-electron chi connectivity index (χ1n) is 11.4. The zero-order chi connectivity index (χ0) is 25.1. The standard InChI is InChI=1S/C23H32N2O9/c1-4-31-16(3)17-8-6-12-24(17)19(26)14-33-21(28)10-11-22(29)34-15-20(27)25-13-7-9-18(25)23(30)32-5-2/h10-11,17-18H,3-9,12-15H2,1-2H3/b11-10+/t17-,18-/m0/s1. The first-order valence-corrected chi connectivity index (χ1v) is 11.4. The van der Waals surface area contributed by atoms with Gasteiger partial charge in [0, 0.05) is 25.2 Å². The molecule has 0 spiro atoms. The summed E-state index contributed by atoms with van der Waals surface area (Å²) in [5.74, 6) is -2.74. The highest BCUT2D eigenvalue weighted by Crippen LogP contribution is 2.23. The molecule has 2 fully saturated rings. The molecule has 2 aliphatic rings. The van der Waals surface area contributed by atoms with Crippen LogP contribution >= 0.6 is 0 Å². The monoisotopic (exact) mass is 480 g/mol. The minimum absolute atomic E-state index is 0.208. The maximum absolute atomic E-state index is 12.4. The van der Waals surface area contributed by atoms with E-state index in [1.807, 2.05) is 6.92 Å². The molecule has 0 aromatic carbocycles. The van der Waals surface area contributed by atoms with E-state index in [-0.39, 0.29) is 18.6 Å². The van der Waals surface area contributed by atoms with Crippen LogP contribution in [-0.2, 0) is 42.9 Å². The fourth-order valence-corrected chi connectivity index (χ4v) is 3.89. The molecule has 11 heteroatoms. The van der Waals surface area contributed by atoms with Crippen LogP contribution in [0.5, 0.6) is 0 Å². The number of carbonyl (C=O) groups excluding carboxylic acids is 5. The highest BCUT2D eigenvalue weighted by Gasteiger charge is 2.35. The van der Waals surface area contributed by atoms with Gasteiger partial charge in [0.2, 0.25) is 0 Å². The van der Waals surface area contributed by atoms with Gasteiger partial charge in [-0.2, -0.15) is 0 Å². The highest BCUT2D eigenvalue weighted by atomic mass is 16.5. The van der Waals surface area contributed by atoms with Crippen molar-refractivity contribution in [3.05, 3.63) is 24.5 Å². The van der Waals surface area contributed by atoms with Gasteiger partial charge in [0.1, 0.15) is 11.8 Å². The van der Waals surface area contributed by atoms with E-state index >= 15 is 0 Å². The zero-order valence-electron chi connectivity index (χ0n) is 19.7. The largest absolute Gasteiger partial charge is 0.497 e. The number of hydrogen-bond acceptors (Lipinski definition) is 9. The molecule has 34 heavy (non-hydrogen) atoms. The fourth-order valence-electron chi connectivity index (χ4n) is 3.89. The second-order valence-electron chi connectivity index (χ2n) is 7.69. The molecule has 0 aromatic heterocycles. The van der Waals surface area contributed by atoms with Crippen LogP contribution in [0.2, 0.25) is 0 Å². The molecular weight excluding hydrogens is 448 g/mol. The van der Waals surface area contributed by atoms with Crippen LogP contribution in [0.3, 0.4) is 0 Å². The molecule has 2 saturated heterocycles. The van der Waals surface area contributed by atoms with Crippen LogP contribution in [0, 0.1) is 0 Å². The Balaban J connectivity index is 1.73. The van der Waals surface area contributed by atoms with Gasteiger partial charge in [-0.1, -0.05) is 6.58 Å². The van der Waals surface area contributed by atoms with Crippen molar-refractivity contribution in [2.24, 2.45) is 0 Å². The Morgan fingerprint density at radius 3 is 1.74 bits per heavy atom. The second-order valence-corrected chi connectivity index (χ2v) is 7.69. The van der Waals surface area contributed by atoms with E-state index in [1.165, 1.54) is 4.90 Å². The smallest absolute Gasteiger partial charge is 0.331 e. The molecule has 2 aliphatic heterocycles. The summed E-state index contributed by atoms with van der Waals surface area (Å²) >= 11 is 0. The van der Waals surface area contributed by atoms with Gasteiger partial charge in [0.25, 0.3) is 11.8 Å². The molecule has 0 aromatic rings. The third kappa shape index (κ3) is 7.60. The molecular formula is C23H32N2O9. The van der Waals surface area contributed by atoms with Gasteiger partial charge in [-0.3, -0.25) is 9.59 Å². The van der Waals surface area contributed by atoms with Crippen molar-refractivity contribution in [1.82, 2.24) is 9.80 Å². The van der Waals surface area contributed by atoms with Crippen LogP contribution < -0.4 is 0 Å². The van der Waals surface area contributed by atoms with E-state index in [0.717, 1.165) is 25.0 Å². The van der Waals surface area contributed by atoms with Gasteiger partial charge in [0.05, 0.1) is 19.3 Å². The van der Waals surface area contributed by atoms with Crippen LogP contribution in [0.25, 0.3) is 0 Å². The van der Waals surface area contributed by atoms with Crippen molar-refractivity contribution in [3.63, 3.8) is 0 Å². The van der Waals surface area contributed by atoms with E-state index in [2.05, 4.69) is 6.58 Å². The summed E-state index contributed by atoms with van der Waals surface area (Å²) in [5, 5.41) is 0. The summed E-state index contributed by atoms with van der Waals surface area (Å²) < 4.78 is 20.1. The van der Waals surface area contributed by atoms with Crippen molar-refractivity contribution in [2.45, 2.75) is 51.6 Å². The lowest BCUT2D eigenvalue weighted by Crippen LogP contribution is -2.43. The second kappa shape index (κ2) is 13.4. The molecule has 0 saturated carbocycles. The van der Waals surface area contributed by atoms with E-state index in [4.69, 9.17) is 18.9 Å². The molecule has 0 N–H and O–H groups in total. The number of hydrogen-bond donors (Lipinski definition) is 0. The highest BCUT2D eigenvalue weighted by molar-refractivity contribution is 5.94. The summed E-state index contributed by atoms with van der Waals surface area (Å²) in [6, 6.07) is -0.941. The summed E-state index contributed by atoms with van der Waals surface area (Å²) in [7, 11) is 0. The predicted octanol–water partition coefficient (Wildman–Crippen LogP) is 0.724. The van der Waals surface area contributed by atoms with Gasteiger partial charge in [-0.15, -0.1) is 0 Å². The van der Waals surface area contributed by atoms with Crippen molar-refractivity contribution in [3.8, 4) is 0 Å². The lowest BCUT2D eigenvalue weighted by molar-refractivity contribution is -0.156. The number of nitrogens with zero attached hydrogens (tertiary/aromatic N) is 2. The van der Waals surface area contributed by atoms with E-state index in [0.29, 0.717) is 38.3 Å². The SMILES string of the molecule is C=C(OCC)[C@@H]1CCCN1C(=O)COC(=O)/C=C/C(=O)OCC(=O)N1CCC[C@H]1C(=O)OCC. The summed E-state index contributed by atoms with van der Waals surface area (Å²) in [4.78, 5) is 63.2. The van der Waals surface area contributed by atoms with Crippen molar-refractivity contribution >= 4 is 29.7 Å². The average molecular weight is 481 g/mol. The quantitative estimate of drug-likeness (QED) is 0.182. The molecule has 0 unspecified atom stereocenters. The third-order valence-corrected chi connectivity index (χ3v) is 5.44. The van der Waals surface area contributed by atoms with Gasteiger partial charge in [-0.25, -0.2) is 14.4 Å². The van der Waals surface area contributed by atoms with Crippen LogP contribution in [0.15, 0.2) is 24.5 Å². The maximum atomic E-state index is 12.4. The molecule has 0 aliphatic carbocycles. The Hall–Kier alpha value is -3.37. The number of amides is 2. The lowest BCUT2D eigenvalue weighted by Gasteiger charge is -2.25. The molecule has 2 amide bonds.